The van der Waals surface area contributed by atoms with E-state index in [1.165, 1.54) is 12.1 Å². The van der Waals surface area contributed by atoms with Gasteiger partial charge in [0, 0.05) is 24.7 Å². The van der Waals surface area contributed by atoms with Crippen LogP contribution in [-0.2, 0) is 4.79 Å². The van der Waals surface area contributed by atoms with E-state index in [2.05, 4.69) is 0 Å². The Morgan fingerprint density at radius 2 is 1.87 bits per heavy atom. The van der Waals surface area contributed by atoms with Crippen LogP contribution in [0, 0.1) is 10.1 Å². The minimum absolute atomic E-state index is 0.00910. The number of hydrogen-bond donors (Lipinski definition) is 1. The number of carbonyl (C=O) groups excluding carboxylic acids is 2. The largest absolute Gasteiger partial charge is 0.366 e. The molecule has 0 unspecified atom stereocenters. The Balaban J connectivity index is 2.05. The van der Waals surface area contributed by atoms with E-state index in [1.54, 1.807) is 0 Å². The van der Waals surface area contributed by atoms with Crippen LogP contribution in [0.25, 0.3) is 0 Å². The molecule has 1 saturated heterocycles. The average Bonchev–Trinajstić information content (AvgIpc) is 2.81. The van der Waals surface area contributed by atoms with Crippen LogP contribution in [0.5, 0.6) is 0 Å². The average molecular weight is 337 g/mol. The third-order valence-corrected chi connectivity index (χ3v) is 4.80. The van der Waals surface area contributed by atoms with Crippen LogP contribution in [0.1, 0.15) is 36.0 Å². The van der Waals surface area contributed by atoms with Gasteiger partial charge in [-0.1, -0.05) is 12.8 Å². The summed E-state index contributed by atoms with van der Waals surface area (Å²) in [6.45, 7) is 1.50. The number of nitro groups is 1. The highest BCUT2D eigenvalue weighted by Gasteiger charge is 2.20. The number of nitro benzene ring substituents is 1. The van der Waals surface area contributed by atoms with Gasteiger partial charge < -0.3 is 10.6 Å². The summed E-state index contributed by atoms with van der Waals surface area (Å²) < 4.78 is 0. The highest BCUT2D eigenvalue weighted by molar-refractivity contribution is 8.00. The van der Waals surface area contributed by atoms with Gasteiger partial charge in [-0.25, -0.2) is 0 Å². The molecular formula is C15H19N3O4S. The Labute approximate surface area is 138 Å². The Bertz CT molecular complexity index is 613. The zero-order valence-corrected chi connectivity index (χ0v) is 13.5. The van der Waals surface area contributed by atoms with Crippen LogP contribution < -0.4 is 5.73 Å². The van der Waals surface area contributed by atoms with Gasteiger partial charge in [0.2, 0.25) is 11.8 Å². The van der Waals surface area contributed by atoms with Crippen LogP contribution in [-0.4, -0.2) is 40.5 Å². The fourth-order valence-electron chi connectivity index (χ4n) is 2.49. The molecule has 2 rings (SSSR count). The monoisotopic (exact) mass is 337 g/mol. The van der Waals surface area contributed by atoms with E-state index in [1.807, 2.05) is 4.90 Å². The molecule has 7 nitrogen and oxygen atoms in total. The van der Waals surface area contributed by atoms with Crippen molar-refractivity contribution < 1.29 is 14.5 Å². The molecule has 1 aromatic carbocycles. The molecule has 0 aliphatic carbocycles. The van der Waals surface area contributed by atoms with E-state index >= 15 is 0 Å². The Hall–Kier alpha value is -2.09. The third-order valence-electron chi connectivity index (χ3n) is 3.75. The molecule has 8 heteroatoms. The van der Waals surface area contributed by atoms with Crippen LogP contribution in [0.4, 0.5) is 5.69 Å². The third kappa shape index (κ3) is 4.69. The molecule has 1 aliphatic rings. The molecule has 0 bridgehead atoms. The number of benzene rings is 1. The smallest absolute Gasteiger partial charge is 0.283 e. The SMILES string of the molecule is NC(=O)c1ccc(SCC(=O)N2CCCCCC2)c([N+](=O)[O-])c1. The quantitative estimate of drug-likeness (QED) is 0.503. The maximum atomic E-state index is 12.2. The van der Waals surface area contributed by atoms with Gasteiger partial charge in [0.15, 0.2) is 0 Å². The number of likely N-dealkylation sites (tertiary alicyclic amines) is 1. The molecule has 1 aromatic rings. The van der Waals surface area contributed by atoms with Crippen molar-refractivity contribution in [2.24, 2.45) is 5.73 Å². The van der Waals surface area contributed by atoms with Gasteiger partial charge in [-0.15, -0.1) is 11.8 Å². The summed E-state index contributed by atoms with van der Waals surface area (Å²) in [5, 5.41) is 11.1. The van der Waals surface area contributed by atoms with Crippen molar-refractivity contribution in [3.63, 3.8) is 0 Å². The van der Waals surface area contributed by atoms with Gasteiger partial charge in [-0.2, -0.15) is 0 Å². The molecule has 0 atom stereocenters. The van der Waals surface area contributed by atoms with Crippen LogP contribution in [0.15, 0.2) is 23.1 Å². The number of hydrogen-bond acceptors (Lipinski definition) is 5. The second kappa shape index (κ2) is 7.96. The van der Waals surface area contributed by atoms with Gasteiger partial charge in [0.25, 0.3) is 5.69 Å². The van der Waals surface area contributed by atoms with Crippen molar-refractivity contribution in [1.82, 2.24) is 4.90 Å². The van der Waals surface area contributed by atoms with Crippen LogP contribution in [0.3, 0.4) is 0 Å². The molecule has 124 valence electrons. The highest BCUT2D eigenvalue weighted by Crippen LogP contribution is 2.30. The number of primary amides is 1. The number of carbonyl (C=O) groups is 2. The van der Waals surface area contributed by atoms with Gasteiger partial charge in [-0.05, 0) is 25.0 Å². The normalized spacial score (nSPS) is 15.0. The number of amides is 2. The highest BCUT2D eigenvalue weighted by atomic mass is 32.2. The fraction of sp³-hybridized carbons (Fsp3) is 0.467. The predicted molar refractivity (Wildman–Crippen MR) is 87.4 cm³/mol. The first kappa shape index (κ1) is 17.3. The number of nitrogens with two attached hydrogens (primary N) is 1. The van der Waals surface area contributed by atoms with Crippen molar-refractivity contribution in [1.29, 1.82) is 0 Å². The predicted octanol–water partition coefficient (Wildman–Crippen LogP) is 2.19. The summed E-state index contributed by atoms with van der Waals surface area (Å²) in [7, 11) is 0. The molecule has 1 fully saturated rings. The van der Waals surface area contributed by atoms with Crippen molar-refractivity contribution >= 4 is 29.3 Å². The lowest BCUT2D eigenvalue weighted by Gasteiger charge is -2.19. The summed E-state index contributed by atoms with van der Waals surface area (Å²) in [6.07, 6.45) is 4.28. The summed E-state index contributed by atoms with van der Waals surface area (Å²) in [5.74, 6) is -0.577. The van der Waals surface area contributed by atoms with E-state index in [0.29, 0.717) is 4.90 Å². The topological polar surface area (TPSA) is 107 Å². The lowest BCUT2D eigenvalue weighted by Crippen LogP contribution is -2.33. The van der Waals surface area contributed by atoms with E-state index < -0.39 is 10.8 Å². The lowest BCUT2D eigenvalue weighted by molar-refractivity contribution is -0.387. The minimum Gasteiger partial charge on any atom is -0.366 e. The van der Waals surface area contributed by atoms with Gasteiger partial charge >= 0.3 is 0 Å². The first-order valence-electron chi connectivity index (χ1n) is 7.48. The van der Waals surface area contributed by atoms with Crippen LogP contribution in [0.2, 0.25) is 0 Å². The Morgan fingerprint density at radius 3 is 2.43 bits per heavy atom. The van der Waals surface area contributed by atoms with E-state index in [9.17, 15) is 19.7 Å². The molecule has 23 heavy (non-hydrogen) atoms. The second-order valence-corrected chi connectivity index (χ2v) is 6.40. The van der Waals surface area contributed by atoms with Gasteiger partial charge in [-0.3, -0.25) is 19.7 Å². The molecule has 2 N–H and O–H groups in total. The second-order valence-electron chi connectivity index (χ2n) is 5.39. The molecule has 0 radical (unpaired) electrons. The Morgan fingerprint density at radius 1 is 1.22 bits per heavy atom. The van der Waals surface area contributed by atoms with Gasteiger partial charge in [0.05, 0.1) is 15.6 Å². The van der Waals surface area contributed by atoms with Crippen molar-refractivity contribution in [3.8, 4) is 0 Å². The number of nitrogens with zero attached hydrogens (tertiary/aromatic N) is 2. The summed E-state index contributed by atoms with van der Waals surface area (Å²) >= 11 is 1.12. The maximum Gasteiger partial charge on any atom is 0.283 e. The number of thioether (sulfide) groups is 1. The lowest BCUT2D eigenvalue weighted by atomic mass is 10.2. The number of rotatable bonds is 5. The zero-order valence-electron chi connectivity index (χ0n) is 12.7. The zero-order chi connectivity index (χ0) is 16.8. The molecule has 0 aromatic heterocycles. The van der Waals surface area contributed by atoms with E-state index in [-0.39, 0.29) is 22.9 Å². The first-order chi connectivity index (χ1) is 11.0. The summed E-state index contributed by atoms with van der Waals surface area (Å²) in [5.41, 5.74) is 5.02. The van der Waals surface area contributed by atoms with E-state index in [0.717, 1.165) is 56.6 Å². The van der Waals surface area contributed by atoms with Crippen LogP contribution >= 0.6 is 11.8 Å². The van der Waals surface area contributed by atoms with E-state index in [4.69, 9.17) is 5.73 Å². The molecular weight excluding hydrogens is 318 g/mol. The molecule has 0 spiro atoms. The molecule has 1 heterocycles. The molecule has 1 aliphatic heterocycles. The minimum atomic E-state index is -0.717. The maximum absolute atomic E-state index is 12.2. The Kier molecular flexibility index (Phi) is 5.97. The van der Waals surface area contributed by atoms with Crippen molar-refractivity contribution in [2.45, 2.75) is 30.6 Å². The fourth-order valence-corrected chi connectivity index (χ4v) is 3.39. The van der Waals surface area contributed by atoms with Gasteiger partial charge in [0.1, 0.15) is 0 Å². The summed E-state index contributed by atoms with van der Waals surface area (Å²) in [4.78, 5) is 36.1. The van der Waals surface area contributed by atoms with Crippen molar-refractivity contribution in [3.05, 3.63) is 33.9 Å². The molecule has 0 saturated carbocycles. The first-order valence-corrected chi connectivity index (χ1v) is 8.46. The summed E-state index contributed by atoms with van der Waals surface area (Å²) in [6, 6.07) is 4.06. The molecule has 2 amide bonds. The standard InChI is InChI=1S/C15H19N3O4S/c16-15(20)11-5-6-13(12(9-11)18(21)22)23-10-14(19)17-7-3-1-2-4-8-17/h5-6,9H,1-4,7-8,10H2,(H2,16,20). The van der Waals surface area contributed by atoms with Crippen molar-refractivity contribution in [2.75, 3.05) is 18.8 Å².